The van der Waals surface area contributed by atoms with Crippen molar-refractivity contribution < 1.29 is 14.3 Å². The van der Waals surface area contributed by atoms with Crippen LogP contribution < -0.4 is 14.4 Å². The van der Waals surface area contributed by atoms with Gasteiger partial charge in [0.2, 0.25) is 0 Å². The average Bonchev–Trinajstić information content (AvgIpc) is 3.07. The van der Waals surface area contributed by atoms with Crippen molar-refractivity contribution in [3.8, 4) is 11.5 Å². The first kappa shape index (κ1) is 19.6. The molecular formula is C23H29N3O3. The number of nitrogens with zero attached hydrogens (tertiary/aromatic N) is 3. The van der Waals surface area contributed by atoms with Gasteiger partial charge in [-0.15, -0.1) is 0 Å². The molecule has 0 radical (unpaired) electrons. The molecule has 1 aromatic heterocycles. The Morgan fingerprint density at radius 3 is 2.31 bits per heavy atom. The minimum absolute atomic E-state index is 0.124. The highest BCUT2D eigenvalue weighted by Gasteiger charge is 2.22. The lowest BCUT2D eigenvalue weighted by atomic mass is 9.98. The maximum absolute atomic E-state index is 13.0. The Balaban J connectivity index is 1.54. The van der Waals surface area contributed by atoms with Gasteiger partial charge in [0.05, 0.1) is 14.2 Å². The molecule has 1 amide bonds. The van der Waals surface area contributed by atoms with Crippen molar-refractivity contribution in [3.05, 3.63) is 47.2 Å². The van der Waals surface area contributed by atoms with Crippen molar-refractivity contribution in [3.63, 3.8) is 0 Å². The first-order valence-corrected chi connectivity index (χ1v) is 10.4. The number of anilines is 1. The highest BCUT2D eigenvalue weighted by atomic mass is 16.5. The number of pyridine rings is 1. The molecule has 2 aliphatic heterocycles. The number of hydrogen-bond acceptors (Lipinski definition) is 5. The van der Waals surface area contributed by atoms with Crippen LogP contribution in [0.5, 0.6) is 11.5 Å². The van der Waals surface area contributed by atoms with Gasteiger partial charge in [-0.3, -0.25) is 4.79 Å². The molecule has 0 unspecified atom stereocenters. The normalized spacial score (nSPS) is 16.8. The summed E-state index contributed by atoms with van der Waals surface area (Å²) in [4.78, 5) is 21.8. The molecular weight excluding hydrogens is 366 g/mol. The van der Waals surface area contributed by atoms with Crippen molar-refractivity contribution >= 4 is 11.7 Å². The minimum Gasteiger partial charge on any atom is -0.493 e. The van der Waals surface area contributed by atoms with Gasteiger partial charge in [-0.1, -0.05) is 12.8 Å². The number of carbonyl (C=O) groups excluding carboxylic acids is 1. The van der Waals surface area contributed by atoms with E-state index in [9.17, 15) is 4.79 Å². The van der Waals surface area contributed by atoms with Crippen LogP contribution in [0.2, 0.25) is 0 Å². The van der Waals surface area contributed by atoms with Crippen LogP contribution in [0, 0.1) is 0 Å². The van der Waals surface area contributed by atoms with E-state index in [-0.39, 0.29) is 5.91 Å². The van der Waals surface area contributed by atoms with Crippen LogP contribution in [0.3, 0.4) is 0 Å². The zero-order valence-electron chi connectivity index (χ0n) is 17.3. The molecule has 0 saturated carbocycles. The van der Waals surface area contributed by atoms with Gasteiger partial charge >= 0.3 is 0 Å². The Morgan fingerprint density at radius 2 is 1.62 bits per heavy atom. The molecule has 0 atom stereocenters. The predicted octanol–water partition coefficient (Wildman–Crippen LogP) is 3.68. The number of rotatable bonds is 4. The van der Waals surface area contributed by atoms with E-state index in [1.54, 1.807) is 20.4 Å². The van der Waals surface area contributed by atoms with Crippen molar-refractivity contribution in [2.75, 3.05) is 38.8 Å². The van der Waals surface area contributed by atoms with Crippen molar-refractivity contribution in [2.45, 2.75) is 38.6 Å². The molecule has 0 aliphatic carbocycles. The van der Waals surface area contributed by atoms with E-state index in [0.29, 0.717) is 0 Å². The summed E-state index contributed by atoms with van der Waals surface area (Å²) in [6, 6.07) is 7.90. The summed E-state index contributed by atoms with van der Waals surface area (Å²) in [5.41, 5.74) is 3.21. The van der Waals surface area contributed by atoms with E-state index in [1.165, 1.54) is 24.0 Å². The summed E-state index contributed by atoms with van der Waals surface area (Å²) in [7, 11) is 3.32. The lowest BCUT2D eigenvalue weighted by Gasteiger charge is -2.31. The van der Waals surface area contributed by atoms with Gasteiger partial charge in [0.25, 0.3) is 5.91 Å². The molecule has 3 heterocycles. The van der Waals surface area contributed by atoms with Crippen LogP contribution in [0.1, 0.15) is 47.2 Å². The fraction of sp³-hybridized carbons (Fsp3) is 0.478. The highest BCUT2D eigenvalue weighted by molar-refractivity contribution is 5.94. The second-order valence-electron chi connectivity index (χ2n) is 7.76. The molecule has 0 N–H and O–H groups in total. The number of carbonyl (C=O) groups is 1. The standard InChI is InChI=1S/C23H29N3O3/c1-28-20-13-17-8-12-26(16-19(17)14-21(20)29-2)22-15-18(7-9-24-22)23(27)25-10-5-3-4-6-11-25/h7,9,13-15H,3-6,8,10-12,16H2,1-2H3. The molecule has 4 rings (SSSR count). The van der Waals surface area contributed by atoms with Crippen molar-refractivity contribution in [2.24, 2.45) is 0 Å². The van der Waals surface area contributed by atoms with E-state index in [0.717, 1.165) is 68.3 Å². The van der Waals surface area contributed by atoms with E-state index in [2.05, 4.69) is 16.0 Å². The van der Waals surface area contributed by atoms with Crippen molar-refractivity contribution in [1.82, 2.24) is 9.88 Å². The van der Waals surface area contributed by atoms with Gasteiger partial charge in [-0.05, 0) is 54.7 Å². The van der Waals surface area contributed by atoms with Gasteiger partial charge in [-0.25, -0.2) is 4.98 Å². The summed E-state index contributed by atoms with van der Waals surface area (Å²) in [6.07, 6.45) is 7.28. The van der Waals surface area contributed by atoms with Gasteiger partial charge in [0.15, 0.2) is 11.5 Å². The molecule has 2 aromatic rings. The third-order valence-corrected chi connectivity index (χ3v) is 5.93. The number of fused-ring (bicyclic) bond motifs is 1. The molecule has 1 aromatic carbocycles. The minimum atomic E-state index is 0.124. The summed E-state index contributed by atoms with van der Waals surface area (Å²) in [6.45, 7) is 3.31. The summed E-state index contributed by atoms with van der Waals surface area (Å²) < 4.78 is 10.9. The summed E-state index contributed by atoms with van der Waals surface area (Å²) >= 11 is 0. The maximum atomic E-state index is 13.0. The highest BCUT2D eigenvalue weighted by Crippen LogP contribution is 2.34. The summed E-state index contributed by atoms with van der Waals surface area (Å²) in [5, 5.41) is 0. The van der Waals surface area contributed by atoms with Crippen LogP contribution in [0.15, 0.2) is 30.5 Å². The quantitative estimate of drug-likeness (QED) is 0.791. The molecule has 0 bridgehead atoms. The van der Waals surface area contributed by atoms with Crippen LogP contribution in [0.4, 0.5) is 5.82 Å². The number of likely N-dealkylation sites (tertiary alicyclic amines) is 1. The largest absolute Gasteiger partial charge is 0.493 e. The molecule has 1 saturated heterocycles. The lowest BCUT2D eigenvalue weighted by molar-refractivity contribution is 0.0761. The lowest BCUT2D eigenvalue weighted by Crippen LogP contribution is -2.33. The zero-order chi connectivity index (χ0) is 20.2. The SMILES string of the molecule is COc1cc2c(cc1OC)CN(c1cc(C(=O)N3CCCCCC3)ccn1)CC2. The van der Waals surface area contributed by atoms with Crippen LogP contribution >= 0.6 is 0 Å². The topological polar surface area (TPSA) is 54.9 Å². The number of amides is 1. The molecule has 29 heavy (non-hydrogen) atoms. The van der Waals surface area contributed by atoms with E-state index < -0.39 is 0 Å². The van der Waals surface area contributed by atoms with Gasteiger partial charge in [0.1, 0.15) is 5.82 Å². The third kappa shape index (κ3) is 4.16. The second-order valence-corrected chi connectivity index (χ2v) is 7.76. The second kappa shape index (κ2) is 8.72. The number of methoxy groups -OCH3 is 2. The Morgan fingerprint density at radius 1 is 0.931 bits per heavy atom. The van der Waals surface area contributed by atoms with Crippen LogP contribution in [-0.2, 0) is 13.0 Å². The molecule has 1 fully saturated rings. The molecule has 154 valence electrons. The average molecular weight is 396 g/mol. The maximum Gasteiger partial charge on any atom is 0.254 e. The fourth-order valence-corrected chi connectivity index (χ4v) is 4.26. The number of benzene rings is 1. The fourth-order valence-electron chi connectivity index (χ4n) is 4.26. The Bertz CT molecular complexity index is 876. The Labute approximate surface area is 172 Å². The molecule has 6 heteroatoms. The first-order valence-electron chi connectivity index (χ1n) is 10.4. The predicted molar refractivity (Wildman–Crippen MR) is 113 cm³/mol. The molecule has 2 aliphatic rings. The van der Waals surface area contributed by atoms with Gasteiger partial charge in [0, 0.05) is 37.9 Å². The number of ether oxygens (including phenoxy) is 2. The van der Waals surface area contributed by atoms with E-state index in [1.807, 2.05) is 23.1 Å². The van der Waals surface area contributed by atoms with E-state index >= 15 is 0 Å². The van der Waals surface area contributed by atoms with Gasteiger partial charge < -0.3 is 19.3 Å². The van der Waals surface area contributed by atoms with Gasteiger partial charge in [-0.2, -0.15) is 0 Å². The zero-order valence-corrected chi connectivity index (χ0v) is 17.3. The first-order chi connectivity index (χ1) is 14.2. The molecule has 0 spiro atoms. The third-order valence-electron chi connectivity index (χ3n) is 5.93. The molecule has 6 nitrogen and oxygen atoms in total. The number of aromatic nitrogens is 1. The van der Waals surface area contributed by atoms with E-state index in [4.69, 9.17) is 9.47 Å². The van der Waals surface area contributed by atoms with Crippen LogP contribution in [-0.4, -0.2) is 49.6 Å². The van der Waals surface area contributed by atoms with Crippen LogP contribution in [0.25, 0.3) is 0 Å². The number of hydrogen-bond donors (Lipinski definition) is 0. The Kier molecular flexibility index (Phi) is 5.88. The monoisotopic (exact) mass is 395 g/mol. The Hall–Kier alpha value is -2.76. The summed E-state index contributed by atoms with van der Waals surface area (Å²) in [5.74, 6) is 2.49. The smallest absolute Gasteiger partial charge is 0.254 e. The van der Waals surface area contributed by atoms with Crippen molar-refractivity contribution in [1.29, 1.82) is 0 Å².